The van der Waals surface area contributed by atoms with Crippen molar-refractivity contribution in [3.05, 3.63) is 0 Å². The second-order valence-electron chi connectivity index (χ2n) is 15.1. The molecule has 0 spiro atoms. The molecule has 3 rings (SSSR count). The van der Waals surface area contributed by atoms with Crippen molar-refractivity contribution in [2.24, 2.45) is 71.0 Å². The second-order valence-corrected chi connectivity index (χ2v) is 16.7. The highest BCUT2D eigenvalue weighted by molar-refractivity contribution is 7.87. The molecule has 0 amide bonds. The summed E-state index contributed by atoms with van der Waals surface area (Å²) in [5.41, 5.74) is -6.79. The van der Waals surface area contributed by atoms with Crippen molar-refractivity contribution in [1.29, 1.82) is 0 Å². The van der Waals surface area contributed by atoms with E-state index in [4.69, 9.17) is 4.18 Å². The molecule has 0 aromatic rings. The Morgan fingerprint density at radius 1 is 0.600 bits per heavy atom. The zero-order chi connectivity index (χ0) is 29.5. The van der Waals surface area contributed by atoms with E-state index in [2.05, 4.69) is 62.3 Å². The summed E-state index contributed by atoms with van der Waals surface area (Å²) < 4.78 is 75.8. The molecule has 3 saturated carbocycles. The lowest BCUT2D eigenvalue weighted by molar-refractivity contribution is -0.192. The van der Waals surface area contributed by atoms with Gasteiger partial charge in [0.2, 0.25) is 0 Å². The van der Waals surface area contributed by atoms with Gasteiger partial charge in [-0.3, -0.25) is 4.18 Å². The Morgan fingerprint density at radius 2 is 0.875 bits per heavy atom. The largest absolute Gasteiger partial charge is 0.523 e. The lowest BCUT2D eigenvalue weighted by Crippen LogP contribution is -2.64. The highest BCUT2D eigenvalue weighted by Gasteiger charge is 2.65. The number of halogens is 3. The molecule has 9 unspecified atom stereocenters. The van der Waals surface area contributed by atoms with Crippen LogP contribution in [0.5, 0.6) is 0 Å². The molecule has 3 aliphatic carbocycles. The van der Waals surface area contributed by atoms with E-state index in [1.807, 2.05) is 0 Å². The van der Waals surface area contributed by atoms with Crippen LogP contribution in [-0.2, 0) is 14.3 Å². The van der Waals surface area contributed by atoms with Gasteiger partial charge in [-0.15, -0.1) is 0 Å². The summed E-state index contributed by atoms with van der Waals surface area (Å²) in [5.74, 6) is 1.50. The molecule has 0 N–H and O–H groups in total. The predicted molar refractivity (Wildman–Crippen MR) is 164 cm³/mol. The lowest BCUT2D eigenvalue weighted by Gasteiger charge is -2.61. The second kappa shape index (κ2) is 13.8. The third-order valence-corrected chi connectivity index (χ3v) is 12.4. The molecule has 3 nitrogen and oxygen atoms in total. The Kier molecular flexibility index (Phi) is 12.5. The van der Waals surface area contributed by atoms with Crippen LogP contribution in [0.4, 0.5) is 13.2 Å². The molecular formula is C32H59F3O3S2. The third kappa shape index (κ3) is 7.39. The van der Waals surface area contributed by atoms with Crippen LogP contribution in [0.3, 0.4) is 0 Å². The fourth-order valence-electron chi connectivity index (χ4n) is 9.41. The molecule has 40 heavy (non-hydrogen) atoms. The van der Waals surface area contributed by atoms with Crippen LogP contribution in [0.2, 0.25) is 0 Å². The van der Waals surface area contributed by atoms with E-state index in [9.17, 15) is 21.6 Å². The van der Waals surface area contributed by atoms with E-state index in [-0.39, 0.29) is 66.8 Å². The van der Waals surface area contributed by atoms with Crippen molar-refractivity contribution in [1.82, 2.24) is 0 Å². The van der Waals surface area contributed by atoms with E-state index < -0.39 is 21.2 Å². The fourth-order valence-corrected chi connectivity index (χ4v) is 10.3. The summed E-state index contributed by atoms with van der Waals surface area (Å²) in [6.45, 7) is 19.6. The van der Waals surface area contributed by atoms with Gasteiger partial charge in [0, 0.05) is 0 Å². The van der Waals surface area contributed by atoms with Gasteiger partial charge in [-0.05, 0) is 110 Å². The first kappa shape index (κ1) is 36.2. The maximum Gasteiger partial charge on any atom is 0.523 e. The molecule has 0 saturated heterocycles. The van der Waals surface area contributed by atoms with Gasteiger partial charge in [0.15, 0.2) is 0 Å². The summed E-state index contributed by atoms with van der Waals surface area (Å²) >= 11 is 0. The monoisotopic (exact) mass is 612 g/mol. The summed E-state index contributed by atoms with van der Waals surface area (Å²) in [4.78, 5) is 0. The maximum absolute atomic E-state index is 14.3. The highest BCUT2D eigenvalue weighted by atomic mass is 32.2. The average molecular weight is 613 g/mol. The number of alkyl halides is 3. The maximum atomic E-state index is 14.3. The fraction of sp³-hybridized carbons (Fsp3) is 1.00. The zero-order valence-electron chi connectivity index (χ0n) is 26.6. The van der Waals surface area contributed by atoms with E-state index in [0.717, 1.165) is 57.8 Å². The third-order valence-electron chi connectivity index (χ3n) is 11.3. The minimum atomic E-state index is -5.80. The number of rotatable bonds is 8. The summed E-state index contributed by atoms with van der Waals surface area (Å²) in [6.07, 6.45) is 8.07. The van der Waals surface area contributed by atoms with Crippen molar-refractivity contribution >= 4 is 23.6 Å². The van der Waals surface area contributed by atoms with Gasteiger partial charge >= 0.3 is 15.6 Å². The zero-order valence-corrected chi connectivity index (χ0v) is 28.4. The average Bonchev–Trinajstić information content (AvgIpc) is 2.81. The molecule has 0 bridgehead atoms. The van der Waals surface area contributed by atoms with Crippen LogP contribution in [0, 0.1) is 71.0 Å². The molecule has 0 aromatic carbocycles. The topological polar surface area (TPSA) is 43.4 Å². The summed E-state index contributed by atoms with van der Waals surface area (Å²) in [7, 11) is -5.80. The molecule has 8 heteroatoms. The molecule has 3 fully saturated rings. The molecule has 0 aromatic heterocycles. The van der Waals surface area contributed by atoms with Gasteiger partial charge in [0.05, 0.1) is 5.60 Å². The van der Waals surface area contributed by atoms with Gasteiger partial charge in [0.1, 0.15) is 0 Å². The van der Waals surface area contributed by atoms with Gasteiger partial charge in [-0.1, -0.05) is 81.6 Å². The first-order valence-electron chi connectivity index (χ1n) is 15.9. The Balaban J connectivity index is 0.00000560. The lowest BCUT2D eigenvalue weighted by atomic mass is 9.48. The normalized spacial score (nSPS) is 37.8. The van der Waals surface area contributed by atoms with Crippen LogP contribution in [0.15, 0.2) is 0 Å². The van der Waals surface area contributed by atoms with E-state index in [1.54, 1.807) is 0 Å². The van der Waals surface area contributed by atoms with Crippen molar-refractivity contribution in [3.63, 3.8) is 0 Å². The smallest absolute Gasteiger partial charge is 0.256 e. The van der Waals surface area contributed by atoms with Crippen molar-refractivity contribution in [2.75, 3.05) is 0 Å². The first-order chi connectivity index (χ1) is 17.9. The van der Waals surface area contributed by atoms with Crippen molar-refractivity contribution in [3.8, 4) is 0 Å². The molecule has 3 aliphatic rings. The van der Waals surface area contributed by atoms with Crippen LogP contribution in [0.25, 0.3) is 0 Å². The van der Waals surface area contributed by atoms with E-state index in [0.29, 0.717) is 17.8 Å². The molecule has 0 heterocycles. The molecule has 0 aliphatic heterocycles. The summed E-state index contributed by atoms with van der Waals surface area (Å²) in [6, 6.07) is 0. The van der Waals surface area contributed by atoms with Gasteiger partial charge < -0.3 is 0 Å². The molecule has 9 atom stereocenters. The van der Waals surface area contributed by atoms with Crippen molar-refractivity contribution < 1.29 is 25.8 Å². The van der Waals surface area contributed by atoms with Gasteiger partial charge in [0.25, 0.3) is 0 Å². The van der Waals surface area contributed by atoms with Crippen LogP contribution in [-0.4, -0.2) is 19.5 Å². The summed E-state index contributed by atoms with van der Waals surface area (Å²) in [5, 5.41) is 0. The quantitative estimate of drug-likeness (QED) is 0.202. The number of hydrogen-bond donors (Lipinski definition) is 0. The van der Waals surface area contributed by atoms with Crippen LogP contribution < -0.4 is 0 Å². The van der Waals surface area contributed by atoms with Crippen LogP contribution >= 0.6 is 13.5 Å². The van der Waals surface area contributed by atoms with Crippen molar-refractivity contribution in [2.45, 2.75) is 131 Å². The highest BCUT2D eigenvalue weighted by Crippen LogP contribution is 2.62. The SMILES string of the molecule is CC1CCC(C(C)C)C(C(OS(=O)(=O)C(F)(F)F)(C2CC(C)CCC2C(C)C)C2CC(C)CCC2C(C)C)C1.S. The Labute approximate surface area is 251 Å². The minimum absolute atomic E-state index is 0. The molecule has 238 valence electrons. The Morgan fingerprint density at radius 3 is 1.10 bits per heavy atom. The minimum Gasteiger partial charge on any atom is -0.256 e. The standard InChI is InChI=1S/C32H57F3O3S.H2S/c1-19(2)25-13-10-22(7)16-28(25)31(38-39(36,37)32(33,34)35,29-17-23(8)11-14-26(29)20(3)4)30-18-24(9)12-15-27(30)21(5)6;/h19-30H,10-18H2,1-9H3;1H2. The predicted octanol–water partition coefficient (Wildman–Crippen LogP) is 9.83. The van der Waals surface area contributed by atoms with Gasteiger partial charge in [-0.2, -0.15) is 35.1 Å². The van der Waals surface area contributed by atoms with Gasteiger partial charge in [-0.25, -0.2) is 0 Å². The molecular weight excluding hydrogens is 553 g/mol. The van der Waals surface area contributed by atoms with Crippen LogP contribution in [0.1, 0.15) is 120 Å². The Hall–Kier alpha value is 0.0500. The Bertz CT molecular complexity index is 823. The van der Waals surface area contributed by atoms with E-state index in [1.165, 1.54) is 0 Å². The molecule has 0 radical (unpaired) electrons. The first-order valence-corrected chi connectivity index (χ1v) is 17.3. The number of hydrogen-bond acceptors (Lipinski definition) is 3. The van der Waals surface area contributed by atoms with E-state index >= 15 is 0 Å².